The van der Waals surface area contributed by atoms with Crippen LogP contribution in [0.25, 0.3) is 6.08 Å². The molecule has 0 spiro atoms. The van der Waals surface area contributed by atoms with Crippen molar-refractivity contribution in [2.45, 2.75) is 51.5 Å². The Hall–Kier alpha value is -3.92. The van der Waals surface area contributed by atoms with E-state index in [4.69, 9.17) is 4.74 Å². The van der Waals surface area contributed by atoms with Crippen LogP contribution in [0.15, 0.2) is 67.4 Å². The van der Waals surface area contributed by atoms with Crippen molar-refractivity contribution in [3.05, 3.63) is 95.8 Å². The molecule has 0 radical (unpaired) electrons. The Morgan fingerprint density at radius 3 is 2.61 bits per heavy atom. The number of hydrogen-bond acceptors (Lipinski definition) is 6. The van der Waals surface area contributed by atoms with Crippen LogP contribution in [0.1, 0.15) is 43.0 Å². The molecule has 10 heteroatoms. The molecule has 1 atom stereocenters. The standard InChI is InChI=1S/C26H28F2N6O2/c1-2-3-4-5-6-20-7-10-23(11-8-20)36-15-22-14-33(32-31-22)16-26(35,17-34-19-29-18-30-34)24-12-9-21(27)13-25(24)28/h5-14,18-19,35H,2-4,15-17H2,1H3. The number of nitrogens with zero attached hydrogens (tertiary/aromatic N) is 6. The van der Waals surface area contributed by atoms with Crippen LogP contribution in [0.4, 0.5) is 8.78 Å². The summed E-state index contributed by atoms with van der Waals surface area (Å²) in [5, 5.41) is 23.6. The largest absolute Gasteiger partial charge is 0.487 e. The van der Waals surface area contributed by atoms with Gasteiger partial charge in [0.1, 0.15) is 47.9 Å². The van der Waals surface area contributed by atoms with Gasteiger partial charge >= 0.3 is 0 Å². The average Bonchev–Trinajstić information content (AvgIpc) is 3.53. The topological polar surface area (TPSA) is 90.9 Å². The zero-order chi connectivity index (χ0) is 25.4. The van der Waals surface area contributed by atoms with E-state index < -0.39 is 17.2 Å². The van der Waals surface area contributed by atoms with Crippen LogP contribution in [0.2, 0.25) is 0 Å². The summed E-state index contributed by atoms with van der Waals surface area (Å²) in [4.78, 5) is 3.86. The molecule has 1 N–H and O–H groups in total. The summed E-state index contributed by atoms with van der Waals surface area (Å²) in [6.45, 7) is 2.06. The molecule has 0 aliphatic carbocycles. The molecule has 2 aromatic carbocycles. The maximum absolute atomic E-state index is 14.6. The molecule has 0 saturated carbocycles. The van der Waals surface area contributed by atoms with Crippen molar-refractivity contribution in [1.29, 1.82) is 0 Å². The van der Waals surface area contributed by atoms with E-state index in [1.165, 1.54) is 40.9 Å². The lowest BCUT2D eigenvalue weighted by Crippen LogP contribution is -2.37. The van der Waals surface area contributed by atoms with Crippen LogP contribution in [-0.4, -0.2) is 34.9 Å². The summed E-state index contributed by atoms with van der Waals surface area (Å²) < 4.78 is 36.7. The molecule has 4 aromatic rings. The second-order valence-electron chi connectivity index (χ2n) is 8.56. The lowest BCUT2D eigenvalue weighted by molar-refractivity contribution is -0.00892. The minimum Gasteiger partial charge on any atom is -0.487 e. The van der Waals surface area contributed by atoms with Gasteiger partial charge in [-0.2, -0.15) is 5.10 Å². The molecule has 2 aromatic heterocycles. The Bertz CT molecular complexity index is 1270. The van der Waals surface area contributed by atoms with Crippen molar-refractivity contribution in [3.8, 4) is 5.75 Å². The van der Waals surface area contributed by atoms with Gasteiger partial charge in [-0.05, 0) is 30.2 Å². The summed E-state index contributed by atoms with van der Waals surface area (Å²) in [6.07, 6.45) is 12.0. The Morgan fingerprint density at radius 1 is 1.08 bits per heavy atom. The first-order chi connectivity index (χ1) is 17.4. The molecule has 0 saturated heterocycles. The minimum atomic E-state index is -1.79. The molecular formula is C26H28F2N6O2. The third-order valence-electron chi connectivity index (χ3n) is 5.63. The fraction of sp³-hybridized carbons (Fsp3) is 0.308. The van der Waals surface area contributed by atoms with Crippen molar-refractivity contribution in [2.24, 2.45) is 0 Å². The second-order valence-corrected chi connectivity index (χ2v) is 8.56. The van der Waals surface area contributed by atoms with Crippen molar-refractivity contribution in [2.75, 3.05) is 0 Å². The lowest BCUT2D eigenvalue weighted by atomic mass is 9.93. The first kappa shape index (κ1) is 25.2. The summed E-state index contributed by atoms with van der Waals surface area (Å²) in [5.74, 6) is -0.920. The highest BCUT2D eigenvalue weighted by molar-refractivity contribution is 5.50. The molecule has 0 amide bonds. The molecule has 0 aliphatic heterocycles. The zero-order valence-electron chi connectivity index (χ0n) is 20.0. The van der Waals surface area contributed by atoms with Crippen molar-refractivity contribution < 1.29 is 18.6 Å². The normalized spacial score (nSPS) is 13.2. The quantitative estimate of drug-likeness (QED) is 0.291. The van der Waals surface area contributed by atoms with E-state index in [2.05, 4.69) is 39.5 Å². The van der Waals surface area contributed by atoms with E-state index in [0.29, 0.717) is 11.4 Å². The highest BCUT2D eigenvalue weighted by atomic mass is 19.1. The molecule has 0 fully saturated rings. The second kappa shape index (κ2) is 11.7. The predicted molar refractivity (Wildman–Crippen MR) is 130 cm³/mol. The van der Waals surface area contributed by atoms with Gasteiger partial charge in [-0.1, -0.05) is 55.3 Å². The van der Waals surface area contributed by atoms with Crippen molar-refractivity contribution in [1.82, 2.24) is 29.8 Å². The minimum absolute atomic E-state index is 0.0865. The summed E-state index contributed by atoms with van der Waals surface area (Å²) >= 11 is 0. The monoisotopic (exact) mass is 494 g/mol. The van der Waals surface area contributed by atoms with E-state index in [1.54, 1.807) is 6.20 Å². The van der Waals surface area contributed by atoms with E-state index in [0.717, 1.165) is 24.1 Å². The molecule has 1 unspecified atom stereocenters. The predicted octanol–water partition coefficient (Wildman–Crippen LogP) is 4.52. The fourth-order valence-electron chi connectivity index (χ4n) is 3.79. The number of aromatic nitrogens is 6. The molecular weight excluding hydrogens is 466 g/mol. The number of benzene rings is 2. The van der Waals surface area contributed by atoms with Crippen LogP contribution in [0.5, 0.6) is 5.75 Å². The van der Waals surface area contributed by atoms with Crippen molar-refractivity contribution >= 4 is 6.08 Å². The van der Waals surface area contributed by atoms with E-state index >= 15 is 0 Å². The fourth-order valence-corrected chi connectivity index (χ4v) is 3.79. The van der Waals surface area contributed by atoms with Gasteiger partial charge in [0, 0.05) is 11.6 Å². The van der Waals surface area contributed by atoms with Gasteiger partial charge in [0.15, 0.2) is 0 Å². The van der Waals surface area contributed by atoms with E-state index in [9.17, 15) is 13.9 Å². The maximum Gasteiger partial charge on any atom is 0.137 e. The van der Waals surface area contributed by atoms with Crippen LogP contribution < -0.4 is 4.74 Å². The van der Waals surface area contributed by atoms with Crippen LogP contribution in [0.3, 0.4) is 0 Å². The van der Waals surface area contributed by atoms with Gasteiger partial charge in [0.2, 0.25) is 0 Å². The summed E-state index contributed by atoms with van der Waals surface area (Å²) in [6, 6.07) is 10.8. The Kier molecular flexibility index (Phi) is 8.17. The molecule has 36 heavy (non-hydrogen) atoms. The van der Waals surface area contributed by atoms with Gasteiger partial charge in [-0.3, -0.25) is 0 Å². The van der Waals surface area contributed by atoms with Crippen LogP contribution >= 0.6 is 0 Å². The van der Waals surface area contributed by atoms with E-state index in [-0.39, 0.29) is 25.3 Å². The Morgan fingerprint density at radius 2 is 1.89 bits per heavy atom. The number of ether oxygens (including phenoxy) is 1. The van der Waals surface area contributed by atoms with Gasteiger partial charge < -0.3 is 9.84 Å². The highest BCUT2D eigenvalue weighted by Gasteiger charge is 2.34. The lowest BCUT2D eigenvalue weighted by Gasteiger charge is -2.28. The molecule has 8 nitrogen and oxygen atoms in total. The Labute approximate surface area is 207 Å². The highest BCUT2D eigenvalue weighted by Crippen LogP contribution is 2.28. The summed E-state index contributed by atoms with van der Waals surface area (Å²) in [7, 11) is 0. The first-order valence-corrected chi connectivity index (χ1v) is 11.7. The molecule has 4 rings (SSSR count). The number of hydrogen-bond donors (Lipinski definition) is 1. The maximum atomic E-state index is 14.6. The van der Waals surface area contributed by atoms with Crippen LogP contribution in [0, 0.1) is 11.6 Å². The zero-order valence-corrected chi connectivity index (χ0v) is 20.0. The number of aliphatic hydroxyl groups is 1. The van der Waals surface area contributed by atoms with Crippen molar-refractivity contribution in [3.63, 3.8) is 0 Å². The number of rotatable bonds is 12. The van der Waals surface area contributed by atoms with Gasteiger partial charge in [-0.25, -0.2) is 23.1 Å². The first-order valence-electron chi connectivity index (χ1n) is 11.7. The SMILES string of the molecule is CCCCC=Cc1ccc(OCc2cn(CC(O)(Cn3cncn3)c3ccc(F)cc3F)nn2)cc1. The number of allylic oxidation sites excluding steroid dienone is 1. The third-order valence-corrected chi connectivity index (χ3v) is 5.63. The smallest absolute Gasteiger partial charge is 0.137 e. The number of unbranched alkanes of at least 4 members (excludes halogenated alkanes) is 2. The number of halogens is 2. The average molecular weight is 495 g/mol. The third kappa shape index (κ3) is 6.60. The summed E-state index contributed by atoms with van der Waals surface area (Å²) in [5.41, 5.74) is -0.250. The molecule has 0 aliphatic rings. The molecule has 188 valence electrons. The molecule has 2 heterocycles. The molecule has 0 bridgehead atoms. The van der Waals surface area contributed by atoms with Gasteiger partial charge in [-0.15, -0.1) is 5.10 Å². The van der Waals surface area contributed by atoms with Gasteiger partial charge in [0.05, 0.1) is 19.3 Å². The van der Waals surface area contributed by atoms with Gasteiger partial charge in [0.25, 0.3) is 0 Å². The Balaban J connectivity index is 1.42. The van der Waals surface area contributed by atoms with Crippen LogP contribution in [-0.2, 0) is 25.3 Å². The van der Waals surface area contributed by atoms with E-state index in [1.807, 2.05) is 24.3 Å².